The van der Waals surface area contributed by atoms with E-state index in [4.69, 9.17) is 5.21 Å². The molecule has 72 valence electrons. The summed E-state index contributed by atoms with van der Waals surface area (Å²) in [4.78, 5) is 11.4. The molecule has 3 N–H and O–H groups in total. The quantitative estimate of drug-likeness (QED) is 0.350. The molecule has 0 aliphatic carbocycles. The summed E-state index contributed by atoms with van der Waals surface area (Å²) < 4.78 is 0. The smallest absolute Gasteiger partial charge is 0.252 e. The summed E-state index contributed by atoms with van der Waals surface area (Å²) in [5, 5.41) is 16.8. The molecule has 1 aromatic carbocycles. The van der Waals surface area contributed by atoms with Crippen molar-refractivity contribution in [2.45, 2.75) is 6.04 Å². The number of carbonyl (C=O) groups excluding carboxylic acids is 1. The van der Waals surface area contributed by atoms with Crippen molar-refractivity contribution >= 4 is 23.5 Å². The van der Waals surface area contributed by atoms with Crippen LogP contribution in [0, 0.1) is 0 Å². The number of nitrogens with one attached hydrogen (secondary N) is 2. The fourth-order valence-electron chi connectivity index (χ4n) is 1.33. The molecule has 5 heteroatoms. The van der Waals surface area contributed by atoms with E-state index < -0.39 is 6.04 Å². The van der Waals surface area contributed by atoms with Gasteiger partial charge in [-0.3, -0.25) is 4.79 Å². The van der Waals surface area contributed by atoms with Gasteiger partial charge >= 0.3 is 0 Å². The highest BCUT2D eigenvalue weighted by Gasteiger charge is 2.23. The van der Waals surface area contributed by atoms with Crippen molar-refractivity contribution in [2.24, 2.45) is 5.16 Å². The molecule has 1 aliphatic heterocycles. The molecule has 0 spiro atoms. The summed E-state index contributed by atoms with van der Waals surface area (Å²) in [5.74, 6) is -0.235. The van der Waals surface area contributed by atoms with Crippen LogP contribution in [0.1, 0.15) is 0 Å². The molecule has 0 saturated carbocycles. The zero-order valence-corrected chi connectivity index (χ0v) is 7.27. The second-order valence-corrected chi connectivity index (χ2v) is 2.92. The Bertz CT molecular complexity index is 389. The van der Waals surface area contributed by atoms with Crippen LogP contribution in [0.25, 0.3) is 0 Å². The van der Waals surface area contributed by atoms with Gasteiger partial charge in [0.1, 0.15) is 6.04 Å². The summed E-state index contributed by atoms with van der Waals surface area (Å²) in [6.45, 7) is 0. The maximum Gasteiger partial charge on any atom is 0.252 e. The summed E-state index contributed by atoms with van der Waals surface area (Å²) in [6.07, 6.45) is 1.14. The van der Waals surface area contributed by atoms with Gasteiger partial charge in [-0.05, 0) is 12.1 Å². The van der Waals surface area contributed by atoms with Gasteiger partial charge in [-0.25, -0.2) is 0 Å². The molecule has 14 heavy (non-hydrogen) atoms. The van der Waals surface area contributed by atoms with E-state index in [1.54, 1.807) is 6.07 Å². The first kappa shape index (κ1) is 8.55. The lowest BCUT2D eigenvalue weighted by Crippen LogP contribution is -2.39. The number of oxime groups is 1. The Morgan fingerprint density at radius 1 is 1.36 bits per heavy atom. The number of nitrogens with zero attached hydrogens (tertiary/aromatic N) is 1. The average Bonchev–Trinajstić information content (AvgIpc) is 2.19. The molecule has 1 atom stereocenters. The van der Waals surface area contributed by atoms with Crippen LogP contribution in [0.2, 0.25) is 0 Å². The van der Waals surface area contributed by atoms with Crippen molar-refractivity contribution in [1.29, 1.82) is 0 Å². The van der Waals surface area contributed by atoms with Crippen LogP contribution in [-0.2, 0) is 4.79 Å². The highest BCUT2D eigenvalue weighted by atomic mass is 16.4. The molecule has 0 saturated heterocycles. The van der Waals surface area contributed by atoms with E-state index in [1.165, 1.54) is 0 Å². The molecule has 0 fully saturated rings. The molecule has 1 aliphatic rings. The van der Waals surface area contributed by atoms with Gasteiger partial charge in [0, 0.05) is 0 Å². The fourth-order valence-corrected chi connectivity index (χ4v) is 1.33. The van der Waals surface area contributed by atoms with E-state index in [0.29, 0.717) is 0 Å². The lowest BCUT2D eigenvalue weighted by atomic mass is 10.1. The number of fused-ring (bicyclic) bond motifs is 1. The molecule has 1 heterocycles. The third-order valence-corrected chi connectivity index (χ3v) is 1.99. The minimum absolute atomic E-state index is 0.235. The lowest BCUT2D eigenvalue weighted by molar-refractivity contribution is -0.115. The third-order valence-electron chi connectivity index (χ3n) is 1.99. The van der Waals surface area contributed by atoms with E-state index in [1.807, 2.05) is 18.2 Å². The molecular formula is C9H9N3O2. The Hall–Kier alpha value is -2.04. The van der Waals surface area contributed by atoms with Crippen LogP contribution >= 0.6 is 0 Å². The standard InChI is InChI=1S/C9H9N3O2/c13-9-8(5-10-14)11-6-3-1-2-4-7(6)12-9/h1-5,8,11,14H,(H,12,13)/b10-5+. The van der Waals surface area contributed by atoms with Crippen LogP contribution in [0.3, 0.4) is 0 Å². The van der Waals surface area contributed by atoms with Gasteiger partial charge < -0.3 is 15.8 Å². The summed E-state index contributed by atoms with van der Waals surface area (Å²) in [6, 6.07) is 6.71. The van der Waals surface area contributed by atoms with E-state index in [-0.39, 0.29) is 5.91 Å². The van der Waals surface area contributed by atoms with Gasteiger partial charge in [0.2, 0.25) is 0 Å². The normalized spacial score (nSPS) is 20.0. The van der Waals surface area contributed by atoms with Crippen molar-refractivity contribution in [1.82, 2.24) is 0 Å². The molecule has 1 aromatic rings. The van der Waals surface area contributed by atoms with Gasteiger partial charge in [0.15, 0.2) is 0 Å². The van der Waals surface area contributed by atoms with E-state index in [2.05, 4.69) is 15.8 Å². The molecule has 5 nitrogen and oxygen atoms in total. The topological polar surface area (TPSA) is 73.7 Å². The van der Waals surface area contributed by atoms with Gasteiger partial charge in [-0.15, -0.1) is 0 Å². The SMILES string of the molecule is O=C1Nc2ccccc2NC1/C=N/O. The molecule has 0 bridgehead atoms. The van der Waals surface area contributed by atoms with E-state index in [9.17, 15) is 4.79 Å². The van der Waals surface area contributed by atoms with E-state index >= 15 is 0 Å². The van der Waals surface area contributed by atoms with Gasteiger partial charge in [-0.1, -0.05) is 17.3 Å². The summed E-state index contributed by atoms with van der Waals surface area (Å²) in [5.41, 5.74) is 1.55. The number of amides is 1. The molecule has 0 radical (unpaired) electrons. The maximum absolute atomic E-state index is 11.4. The first-order valence-corrected chi connectivity index (χ1v) is 4.15. The monoisotopic (exact) mass is 191 g/mol. The molecular weight excluding hydrogens is 182 g/mol. The van der Waals surface area contributed by atoms with Gasteiger partial charge in [-0.2, -0.15) is 0 Å². The summed E-state index contributed by atoms with van der Waals surface area (Å²) >= 11 is 0. The minimum atomic E-state index is -0.616. The number of hydrogen-bond donors (Lipinski definition) is 3. The lowest BCUT2D eigenvalue weighted by Gasteiger charge is -2.23. The van der Waals surface area contributed by atoms with Crippen molar-refractivity contribution in [3.8, 4) is 0 Å². The van der Waals surface area contributed by atoms with Gasteiger partial charge in [0.05, 0.1) is 17.6 Å². The van der Waals surface area contributed by atoms with Crippen molar-refractivity contribution in [2.75, 3.05) is 10.6 Å². The maximum atomic E-state index is 11.4. The van der Waals surface area contributed by atoms with E-state index in [0.717, 1.165) is 17.6 Å². The Labute approximate surface area is 80.4 Å². The highest BCUT2D eigenvalue weighted by molar-refractivity contribution is 6.11. The minimum Gasteiger partial charge on any atom is -0.411 e. The Morgan fingerprint density at radius 3 is 2.79 bits per heavy atom. The first-order valence-electron chi connectivity index (χ1n) is 4.15. The molecule has 0 aromatic heterocycles. The zero-order valence-electron chi connectivity index (χ0n) is 7.27. The predicted molar refractivity (Wildman–Crippen MR) is 52.8 cm³/mol. The van der Waals surface area contributed by atoms with Crippen LogP contribution in [0.5, 0.6) is 0 Å². The average molecular weight is 191 g/mol. The Balaban J connectivity index is 2.31. The largest absolute Gasteiger partial charge is 0.411 e. The molecule has 2 rings (SSSR count). The van der Waals surface area contributed by atoms with Crippen molar-refractivity contribution in [3.63, 3.8) is 0 Å². The number of hydrogen-bond acceptors (Lipinski definition) is 4. The number of benzene rings is 1. The zero-order chi connectivity index (χ0) is 9.97. The number of carbonyl (C=O) groups is 1. The van der Waals surface area contributed by atoms with Crippen LogP contribution in [-0.4, -0.2) is 23.4 Å². The van der Waals surface area contributed by atoms with Crippen LogP contribution in [0.15, 0.2) is 29.4 Å². The predicted octanol–water partition coefficient (Wildman–Crippen LogP) is 0.879. The van der Waals surface area contributed by atoms with Crippen LogP contribution < -0.4 is 10.6 Å². The number of anilines is 2. The summed E-state index contributed by atoms with van der Waals surface area (Å²) in [7, 11) is 0. The van der Waals surface area contributed by atoms with Crippen molar-refractivity contribution in [3.05, 3.63) is 24.3 Å². The number of para-hydroxylation sites is 2. The highest BCUT2D eigenvalue weighted by Crippen LogP contribution is 2.25. The Morgan fingerprint density at radius 2 is 2.07 bits per heavy atom. The second kappa shape index (κ2) is 3.37. The molecule has 1 unspecified atom stereocenters. The molecule has 1 amide bonds. The number of rotatable bonds is 1. The first-order chi connectivity index (χ1) is 6.81. The Kier molecular flexibility index (Phi) is 2.06. The van der Waals surface area contributed by atoms with Crippen LogP contribution in [0.4, 0.5) is 11.4 Å². The van der Waals surface area contributed by atoms with Gasteiger partial charge in [0.25, 0.3) is 5.91 Å². The second-order valence-electron chi connectivity index (χ2n) is 2.92. The fraction of sp³-hybridized carbons (Fsp3) is 0.111. The van der Waals surface area contributed by atoms with Crippen molar-refractivity contribution < 1.29 is 10.0 Å². The third kappa shape index (κ3) is 1.39.